The second-order valence-electron chi connectivity index (χ2n) is 6.02. The Morgan fingerprint density at radius 2 is 1.85 bits per heavy atom. The van der Waals surface area contributed by atoms with Crippen molar-refractivity contribution in [2.75, 3.05) is 5.32 Å². The van der Waals surface area contributed by atoms with Gasteiger partial charge in [-0.25, -0.2) is 4.39 Å². The highest BCUT2D eigenvalue weighted by Gasteiger charge is 2.19. The first-order valence-electron chi connectivity index (χ1n) is 6.28. The van der Waals surface area contributed by atoms with E-state index in [0.29, 0.717) is 6.42 Å². The SMILES string of the molecule is CC(C)(C)CC(N)CC(=O)Nc1c(Cl)cc(F)cc1Cl. The number of rotatable bonds is 4. The van der Waals surface area contributed by atoms with Gasteiger partial charge in [-0.05, 0) is 24.0 Å². The lowest BCUT2D eigenvalue weighted by Gasteiger charge is -2.22. The molecule has 0 bridgehead atoms. The largest absolute Gasteiger partial charge is 0.327 e. The van der Waals surface area contributed by atoms with E-state index in [1.54, 1.807) is 0 Å². The van der Waals surface area contributed by atoms with E-state index in [0.717, 1.165) is 12.1 Å². The highest BCUT2D eigenvalue weighted by atomic mass is 35.5. The summed E-state index contributed by atoms with van der Waals surface area (Å²) >= 11 is 11.7. The van der Waals surface area contributed by atoms with E-state index in [1.807, 2.05) is 0 Å². The number of halogens is 3. The minimum absolute atomic E-state index is 0.0465. The zero-order valence-corrected chi connectivity index (χ0v) is 13.3. The van der Waals surface area contributed by atoms with Crippen molar-refractivity contribution in [2.45, 2.75) is 39.7 Å². The number of nitrogens with one attached hydrogen (secondary N) is 1. The highest BCUT2D eigenvalue weighted by Crippen LogP contribution is 2.31. The van der Waals surface area contributed by atoms with Gasteiger partial charge in [0, 0.05) is 12.5 Å². The molecule has 6 heteroatoms. The maximum Gasteiger partial charge on any atom is 0.226 e. The summed E-state index contributed by atoms with van der Waals surface area (Å²) in [4.78, 5) is 11.9. The Morgan fingerprint density at radius 1 is 1.35 bits per heavy atom. The Bertz CT molecular complexity index is 477. The molecule has 20 heavy (non-hydrogen) atoms. The molecule has 112 valence electrons. The fraction of sp³-hybridized carbons (Fsp3) is 0.500. The van der Waals surface area contributed by atoms with E-state index in [2.05, 4.69) is 26.1 Å². The molecule has 1 atom stereocenters. The number of hydrogen-bond donors (Lipinski definition) is 2. The fourth-order valence-corrected chi connectivity index (χ4v) is 2.50. The summed E-state index contributed by atoms with van der Waals surface area (Å²) in [5.41, 5.74) is 6.19. The van der Waals surface area contributed by atoms with Crippen LogP contribution in [0.15, 0.2) is 12.1 Å². The molecule has 3 N–H and O–H groups in total. The highest BCUT2D eigenvalue weighted by molar-refractivity contribution is 6.39. The van der Waals surface area contributed by atoms with Crippen molar-refractivity contribution < 1.29 is 9.18 Å². The van der Waals surface area contributed by atoms with Crippen LogP contribution in [0.4, 0.5) is 10.1 Å². The standard InChI is InChI=1S/C14H19Cl2FN2O/c1-14(2,3)7-9(18)6-12(20)19-13-10(15)4-8(17)5-11(13)16/h4-5,9H,6-7,18H2,1-3H3,(H,19,20). The van der Waals surface area contributed by atoms with Crippen LogP contribution in [0, 0.1) is 11.2 Å². The van der Waals surface area contributed by atoms with Crippen LogP contribution in [0.5, 0.6) is 0 Å². The zero-order valence-electron chi connectivity index (χ0n) is 11.8. The van der Waals surface area contributed by atoms with Crippen molar-refractivity contribution in [3.63, 3.8) is 0 Å². The lowest BCUT2D eigenvalue weighted by atomic mass is 9.87. The Balaban J connectivity index is 2.68. The normalized spacial score (nSPS) is 13.2. The van der Waals surface area contributed by atoms with Crippen molar-refractivity contribution in [3.05, 3.63) is 28.0 Å². The predicted molar refractivity (Wildman–Crippen MR) is 81.7 cm³/mol. The van der Waals surface area contributed by atoms with Gasteiger partial charge in [0.25, 0.3) is 0 Å². The van der Waals surface area contributed by atoms with E-state index >= 15 is 0 Å². The van der Waals surface area contributed by atoms with Crippen molar-refractivity contribution in [2.24, 2.45) is 11.1 Å². The number of anilines is 1. The molecular weight excluding hydrogens is 302 g/mol. The summed E-state index contributed by atoms with van der Waals surface area (Å²) in [5.74, 6) is -0.848. The zero-order chi connectivity index (χ0) is 15.5. The van der Waals surface area contributed by atoms with Gasteiger partial charge in [-0.1, -0.05) is 44.0 Å². The number of amides is 1. The van der Waals surface area contributed by atoms with Crippen LogP contribution in [0.3, 0.4) is 0 Å². The van der Waals surface area contributed by atoms with Gasteiger partial charge < -0.3 is 11.1 Å². The molecule has 1 unspecified atom stereocenters. The van der Waals surface area contributed by atoms with E-state index in [-0.39, 0.29) is 39.5 Å². The van der Waals surface area contributed by atoms with Crippen molar-refractivity contribution in [3.8, 4) is 0 Å². The molecule has 0 aliphatic carbocycles. The Labute approximate surface area is 128 Å². The molecule has 0 aliphatic rings. The molecule has 0 aliphatic heterocycles. The molecule has 0 fully saturated rings. The number of hydrogen-bond acceptors (Lipinski definition) is 2. The molecular formula is C14H19Cl2FN2O. The first kappa shape index (κ1) is 17.2. The smallest absolute Gasteiger partial charge is 0.226 e. The van der Waals surface area contributed by atoms with Gasteiger partial charge in [-0.2, -0.15) is 0 Å². The third kappa shape index (κ3) is 5.65. The molecule has 1 amide bonds. The van der Waals surface area contributed by atoms with E-state index in [9.17, 15) is 9.18 Å². The van der Waals surface area contributed by atoms with Crippen LogP contribution in [-0.4, -0.2) is 11.9 Å². The number of carbonyl (C=O) groups is 1. The first-order valence-corrected chi connectivity index (χ1v) is 7.04. The maximum absolute atomic E-state index is 13.0. The Kier molecular flexibility index (Phi) is 5.80. The van der Waals surface area contributed by atoms with Crippen molar-refractivity contribution in [1.29, 1.82) is 0 Å². The van der Waals surface area contributed by atoms with E-state index in [1.165, 1.54) is 0 Å². The van der Waals surface area contributed by atoms with E-state index in [4.69, 9.17) is 28.9 Å². The van der Waals surface area contributed by atoms with Crippen LogP contribution < -0.4 is 11.1 Å². The minimum Gasteiger partial charge on any atom is -0.327 e. The maximum atomic E-state index is 13.0. The molecule has 1 rings (SSSR count). The molecule has 0 aromatic heterocycles. The van der Waals surface area contributed by atoms with Crippen molar-refractivity contribution in [1.82, 2.24) is 0 Å². The molecule has 0 saturated carbocycles. The average Bonchev–Trinajstić information content (AvgIpc) is 2.20. The topological polar surface area (TPSA) is 55.1 Å². The molecule has 1 aromatic carbocycles. The van der Waals surface area contributed by atoms with Crippen LogP contribution in [0.2, 0.25) is 10.0 Å². The summed E-state index contributed by atoms with van der Waals surface area (Å²) in [5, 5.41) is 2.70. The predicted octanol–water partition coefficient (Wildman–Crippen LogP) is 4.22. The van der Waals surface area contributed by atoms with Crippen LogP contribution >= 0.6 is 23.2 Å². The lowest BCUT2D eigenvalue weighted by Crippen LogP contribution is -2.31. The van der Waals surface area contributed by atoms with Crippen molar-refractivity contribution >= 4 is 34.8 Å². The molecule has 1 aromatic rings. The number of nitrogens with two attached hydrogens (primary N) is 1. The number of carbonyl (C=O) groups excluding carboxylic acids is 1. The average molecular weight is 321 g/mol. The first-order chi connectivity index (χ1) is 9.08. The molecule has 0 saturated heterocycles. The third-order valence-corrected chi connectivity index (χ3v) is 3.19. The quantitative estimate of drug-likeness (QED) is 0.872. The summed E-state index contributed by atoms with van der Waals surface area (Å²) < 4.78 is 13.0. The van der Waals surface area contributed by atoms with Gasteiger partial charge >= 0.3 is 0 Å². The van der Waals surface area contributed by atoms with Gasteiger partial charge in [-0.15, -0.1) is 0 Å². The second-order valence-corrected chi connectivity index (χ2v) is 6.84. The fourth-order valence-electron chi connectivity index (χ4n) is 1.95. The third-order valence-electron chi connectivity index (χ3n) is 2.59. The summed E-state index contributed by atoms with van der Waals surface area (Å²) in [7, 11) is 0. The minimum atomic E-state index is -0.553. The van der Waals surface area contributed by atoms with Gasteiger partial charge in [0.15, 0.2) is 0 Å². The monoisotopic (exact) mass is 320 g/mol. The van der Waals surface area contributed by atoms with Crippen LogP contribution in [0.1, 0.15) is 33.6 Å². The lowest BCUT2D eigenvalue weighted by molar-refractivity contribution is -0.116. The Morgan fingerprint density at radius 3 is 2.30 bits per heavy atom. The van der Waals surface area contributed by atoms with Crippen LogP contribution in [0.25, 0.3) is 0 Å². The Hall–Kier alpha value is -0.840. The summed E-state index contributed by atoms with van der Waals surface area (Å²) in [6, 6.07) is 1.93. The summed E-state index contributed by atoms with van der Waals surface area (Å²) in [6.07, 6.45) is 0.868. The number of benzene rings is 1. The molecule has 0 radical (unpaired) electrons. The molecule has 3 nitrogen and oxygen atoms in total. The molecule has 0 heterocycles. The second kappa shape index (κ2) is 6.74. The molecule has 0 spiro atoms. The van der Waals surface area contributed by atoms with Gasteiger partial charge in [0.05, 0.1) is 15.7 Å². The van der Waals surface area contributed by atoms with Gasteiger partial charge in [0.1, 0.15) is 5.82 Å². The summed E-state index contributed by atoms with van der Waals surface area (Å²) in [6.45, 7) is 6.16. The van der Waals surface area contributed by atoms with Gasteiger partial charge in [0.2, 0.25) is 5.91 Å². The van der Waals surface area contributed by atoms with Crippen LogP contribution in [-0.2, 0) is 4.79 Å². The van der Waals surface area contributed by atoms with E-state index < -0.39 is 5.82 Å². The van der Waals surface area contributed by atoms with Gasteiger partial charge in [-0.3, -0.25) is 4.79 Å².